The second-order valence-corrected chi connectivity index (χ2v) is 10.5. The Kier molecular flexibility index (Phi) is 8.21. The number of hydrogen-bond acceptors (Lipinski definition) is 4. The SMILES string of the molecule is CC(C)N(CC(=O)N1CCc2sccc2[C@@H]1COc1ccc(Cl)cc1)C(=O)Nc1cccc(Cl)c1. The number of fused-ring (bicyclic) bond motifs is 1. The average Bonchev–Trinajstić information content (AvgIpc) is 3.31. The number of halogens is 2. The average molecular weight is 532 g/mol. The summed E-state index contributed by atoms with van der Waals surface area (Å²) in [5.74, 6) is 0.565. The first-order valence-electron chi connectivity index (χ1n) is 11.4. The molecule has 0 aliphatic carbocycles. The third-order valence-corrected chi connectivity index (χ3v) is 7.39. The molecule has 3 amide bonds. The number of anilines is 1. The molecule has 0 saturated carbocycles. The van der Waals surface area contributed by atoms with E-state index in [2.05, 4.69) is 11.4 Å². The van der Waals surface area contributed by atoms with E-state index in [0.717, 1.165) is 12.0 Å². The monoisotopic (exact) mass is 531 g/mol. The highest BCUT2D eigenvalue weighted by molar-refractivity contribution is 7.10. The Hall–Kier alpha value is -2.74. The van der Waals surface area contributed by atoms with E-state index in [4.69, 9.17) is 27.9 Å². The Morgan fingerprint density at radius 2 is 1.91 bits per heavy atom. The van der Waals surface area contributed by atoms with Crippen molar-refractivity contribution in [3.05, 3.63) is 80.5 Å². The van der Waals surface area contributed by atoms with E-state index < -0.39 is 0 Å². The van der Waals surface area contributed by atoms with Crippen molar-refractivity contribution >= 4 is 52.2 Å². The Balaban J connectivity index is 1.48. The molecule has 0 radical (unpaired) electrons. The highest BCUT2D eigenvalue weighted by Crippen LogP contribution is 2.34. The molecule has 1 atom stereocenters. The highest BCUT2D eigenvalue weighted by atomic mass is 35.5. The number of rotatable bonds is 7. The summed E-state index contributed by atoms with van der Waals surface area (Å²) in [5.41, 5.74) is 1.68. The number of carbonyl (C=O) groups excluding carboxylic acids is 2. The van der Waals surface area contributed by atoms with Crippen LogP contribution in [0.1, 0.15) is 30.3 Å². The Labute approximate surface area is 219 Å². The number of amides is 3. The van der Waals surface area contributed by atoms with Gasteiger partial charge in [-0.15, -0.1) is 11.3 Å². The topological polar surface area (TPSA) is 61.9 Å². The molecule has 0 spiro atoms. The third kappa shape index (κ3) is 6.28. The van der Waals surface area contributed by atoms with Crippen molar-refractivity contribution in [2.24, 2.45) is 0 Å². The quantitative estimate of drug-likeness (QED) is 0.378. The lowest BCUT2D eigenvalue weighted by molar-refractivity contribution is -0.135. The van der Waals surface area contributed by atoms with Crippen LogP contribution in [0.15, 0.2) is 60.0 Å². The van der Waals surface area contributed by atoms with Crippen LogP contribution >= 0.6 is 34.5 Å². The van der Waals surface area contributed by atoms with Crippen LogP contribution in [0.2, 0.25) is 10.0 Å². The predicted octanol–water partition coefficient (Wildman–Crippen LogP) is 6.50. The van der Waals surface area contributed by atoms with Gasteiger partial charge in [0.2, 0.25) is 5.91 Å². The zero-order valence-corrected chi connectivity index (χ0v) is 21.9. The molecule has 2 heterocycles. The van der Waals surface area contributed by atoms with Crippen molar-refractivity contribution in [1.82, 2.24) is 9.80 Å². The minimum atomic E-state index is -0.349. The van der Waals surface area contributed by atoms with Gasteiger partial charge in [0.05, 0.1) is 6.04 Å². The third-order valence-electron chi connectivity index (χ3n) is 5.90. The molecule has 1 aromatic heterocycles. The number of thiophene rings is 1. The van der Waals surface area contributed by atoms with Gasteiger partial charge in [-0.25, -0.2) is 4.79 Å². The molecule has 0 fully saturated rings. The Morgan fingerprint density at radius 3 is 2.63 bits per heavy atom. The van der Waals surface area contributed by atoms with Crippen molar-refractivity contribution in [3.8, 4) is 5.75 Å². The van der Waals surface area contributed by atoms with Gasteiger partial charge in [-0.2, -0.15) is 0 Å². The fraction of sp³-hybridized carbons (Fsp3) is 0.308. The lowest BCUT2D eigenvalue weighted by Crippen LogP contribution is -2.50. The summed E-state index contributed by atoms with van der Waals surface area (Å²) in [7, 11) is 0. The highest BCUT2D eigenvalue weighted by Gasteiger charge is 2.34. The van der Waals surface area contributed by atoms with E-state index in [-0.39, 0.29) is 30.6 Å². The number of hydrogen-bond donors (Lipinski definition) is 1. The Bertz CT molecular complexity index is 1180. The molecule has 0 bridgehead atoms. The molecular weight excluding hydrogens is 505 g/mol. The lowest BCUT2D eigenvalue weighted by Gasteiger charge is -2.37. The minimum Gasteiger partial charge on any atom is -0.491 e. The Morgan fingerprint density at radius 1 is 1.14 bits per heavy atom. The maximum absolute atomic E-state index is 13.5. The molecule has 2 aromatic carbocycles. The second-order valence-electron chi connectivity index (χ2n) is 8.58. The first-order chi connectivity index (χ1) is 16.8. The summed E-state index contributed by atoms with van der Waals surface area (Å²) in [4.78, 5) is 31.2. The van der Waals surface area contributed by atoms with E-state index in [1.807, 2.05) is 36.3 Å². The molecule has 9 heteroatoms. The zero-order chi connectivity index (χ0) is 24.9. The van der Waals surface area contributed by atoms with Crippen molar-refractivity contribution in [2.45, 2.75) is 32.4 Å². The first-order valence-corrected chi connectivity index (χ1v) is 13.0. The van der Waals surface area contributed by atoms with Crippen LogP contribution < -0.4 is 10.1 Å². The van der Waals surface area contributed by atoms with Gasteiger partial charge in [0.25, 0.3) is 0 Å². The number of urea groups is 1. The van der Waals surface area contributed by atoms with Crippen LogP contribution in [0.5, 0.6) is 5.75 Å². The molecule has 1 aliphatic heterocycles. The first kappa shape index (κ1) is 25.4. The van der Waals surface area contributed by atoms with Crippen LogP contribution in [0.3, 0.4) is 0 Å². The molecule has 3 aromatic rings. The lowest BCUT2D eigenvalue weighted by atomic mass is 10.0. The van der Waals surface area contributed by atoms with Crippen LogP contribution in [0, 0.1) is 0 Å². The summed E-state index contributed by atoms with van der Waals surface area (Å²) in [5, 5.41) is 6.05. The van der Waals surface area contributed by atoms with Gasteiger partial charge >= 0.3 is 6.03 Å². The molecule has 4 rings (SSSR count). The number of nitrogens with zero attached hydrogens (tertiary/aromatic N) is 2. The van der Waals surface area contributed by atoms with Gasteiger partial charge in [0, 0.05) is 33.2 Å². The van der Waals surface area contributed by atoms with Crippen molar-refractivity contribution in [2.75, 3.05) is 25.0 Å². The van der Waals surface area contributed by atoms with Gasteiger partial charge in [-0.1, -0.05) is 29.3 Å². The fourth-order valence-electron chi connectivity index (χ4n) is 4.07. The molecular formula is C26H27Cl2N3O3S. The van der Waals surface area contributed by atoms with Gasteiger partial charge in [-0.3, -0.25) is 4.79 Å². The van der Waals surface area contributed by atoms with E-state index >= 15 is 0 Å². The second kappa shape index (κ2) is 11.3. The summed E-state index contributed by atoms with van der Waals surface area (Å²) >= 11 is 13.7. The summed E-state index contributed by atoms with van der Waals surface area (Å²) < 4.78 is 6.04. The normalized spacial score (nSPS) is 15.0. The summed E-state index contributed by atoms with van der Waals surface area (Å²) in [6, 6.07) is 15.4. The van der Waals surface area contributed by atoms with Crippen LogP contribution in [0.4, 0.5) is 10.5 Å². The summed E-state index contributed by atoms with van der Waals surface area (Å²) in [6.45, 7) is 4.62. The molecule has 6 nitrogen and oxygen atoms in total. The molecule has 184 valence electrons. The molecule has 1 N–H and O–H groups in total. The van der Waals surface area contributed by atoms with Gasteiger partial charge in [0.15, 0.2) is 0 Å². The maximum atomic E-state index is 13.5. The predicted molar refractivity (Wildman–Crippen MR) is 142 cm³/mol. The van der Waals surface area contributed by atoms with Crippen molar-refractivity contribution in [3.63, 3.8) is 0 Å². The fourth-order valence-corrected chi connectivity index (χ4v) is 5.31. The van der Waals surface area contributed by atoms with Crippen LogP contribution in [-0.4, -0.2) is 47.5 Å². The van der Waals surface area contributed by atoms with Crippen molar-refractivity contribution in [1.29, 1.82) is 0 Å². The van der Waals surface area contributed by atoms with Crippen LogP contribution in [0.25, 0.3) is 0 Å². The van der Waals surface area contributed by atoms with E-state index in [9.17, 15) is 9.59 Å². The molecule has 0 saturated heterocycles. The minimum absolute atomic E-state index is 0.0407. The summed E-state index contributed by atoms with van der Waals surface area (Å²) in [6.07, 6.45) is 0.784. The zero-order valence-electron chi connectivity index (χ0n) is 19.5. The molecule has 1 aliphatic rings. The van der Waals surface area contributed by atoms with E-state index in [1.165, 1.54) is 9.78 Å². The number of nitrogens with one attached hydrogen (secondary N) is 1. The number of ether oxygens (including phenoxy) is 1. The molecule has 0 unspecified atom stereocenters. The van der Waals surface area contributed by atoms with Crippen molar-refractivity contribution < 1.29 is 14.3 Å². The largest absolute Gasteiger partial charge is 0.491 e. The standard InChI is InChI=1S/C26H27Cl2N3O3S/c1-17(2)31(26(33)29-20-5-3-4-19(28)14-20)15-25(32)30-12-10-24-22(11-13-35-24)23(30)16-34-21-8-6-18(27)7-9-21/h3-9,11,13-14,17,23H,10,12,15-16H2,1-2H3,(H,29,33)/t23-/m0/s1. The maximum Gasteiger partial charge on any atom is 0.322 e. The van der Waals surface area contributed by atoms with Gasteiger partial charge in [0.1, 0.15) is 18.9 Å². The smallest absolute Gasteiger partial charge is 0.322 e. The number of carbonyl (C=O) groups is 2. The van der Waals surface area contributed by atoms with Gasteiger partial charge < -0.3 is 19.9 Å². The number of benzene rings is 2. The van der Waals surface area contributed by atoms with E-state index in [1.54, 1.807) is 47.7 Å². The van der Waals surface area contributed by atoms with Gasteiger partial charge in [-0.05, 0) is 79.7 Å². The van der Waals surface area contributed by atoms with E-state index in [0.29, 0.717) is 34.6 Å². The van der Waals surface area contributed by atoms with Crippen LogP contribution in [-0.2, 0) is 11.2 Å². The molecule has 35 heavy (non-hydrogen) atoms.